The lowest BCUT2D eigenvalue weighted by molar-refractivity contribution is 0.400. The third kappa shape index (κ3) is 4.31. The number of rotatable bonds is 5. The lowest BCUT2D eigenvalue weighted by Gasteiger charge is -2.11. The van der Waals surface area contributed by atoms with E-state index < -0.39 is 0 Å². The minimum absolute atomic E-state index is 0.509. The molecule has 0 saturated carbocycles. The topological polar surface area (TPSA) is 27.0 Å². The maximum Gasteiger partial charge on any atom is 0.0863 e. The van der Waals surface area contributed by atoms with Crippen LogP contribution in [0.3, 0.4) is 0 Å². The Morgan fingerprint density at radius 1 is 1.36 bits per heavy atom. The molecule has 0 bridgehead atoms. The molecule has 0 fully saturated rings. The molecule has 74 valence electrons. The fourth-order valence-electron chi connectivity index (χ4n) is 1.04. The number of hydrogen-bond donors (Lipinski definition) is 0. The Bertz CT molecular complexity index is 292. The maximum absolute atomic E-state index is 8.45. The second-order valence-electron chi connectivity index (χ2n) is 3.06. The largest absolute Gasteiger partial charge is 0.293 e. The molecular weight excluding hydrogens is 192 g/mol. The van der Waals surface area contributed by atoms with Gasteiger partial charge in [0.05, 0.1) is 12.6 Å². The van der Waals surface area contributed by atoms with E-state index in [0.29, 0.717) is 6.54 Å². The molecule has 0 radical (unpaired) electrons. The molecule has 1 aromatic rings. The van der Waals surface area contributed by atoms with Crippen molar-refractivity contribution in [2.45, 2.75) is 4.90 Å². The van der Waals surface area contributed by atoms with Gasteiger partial charge in [-0.25, -0.2) is 0 Å². The molecule has 0 heterocycles. The predicted molar refractivity (Wildman–Crippen MR) is 60.3 cm³/mol. The van der Waals surface area contributed by atoms with Crippen LogP contribution >= 0.6 is 11.8 Å². The molecule has 0 amide bonds. The van der Waals surface area contributed by atoms with Crippen LogP contribution in [0.5, 0.6) is 0 Å². The average Bonchev–Trinajstić information content (AvgIpc) is 2.20. The van der Waals surface area contributed by atoms with Crippen molar-refractivity contribution >= 4 is 11.8 Å². The fraction of sp³-hybridized carbons (Fsp3) is 0.364. The Morgan fingerprint density at radius 2 is 2.07 bits per heavy atom. The molecule has 0 N–H and O–H groups in total. The first-order chi connectivity index (χ1) is 6.83. The number of nitrogens with zero attached hydrogens (tertiary/aromatic N) is 2. The SMILES string of the molecule is CN(CC#N)CCSc1ccccc1. The summed E-state index contributed by atoms with van der Waals surface area (Å²) in [7, 11) is 1.97. The normalized spacial score (nSPS) is 10.1. The Morgan fingerprint density at radius 3 is 2.71 bits per heavy atom. The highest BCUT2D eigenvalue weighted by molar-refractivity contribution is 7.99. The summed E-state index contributed by atoms with van der Waals surface area (Å²) in [6.07, 6.45) is 0. The first kappa shape index (κ1) is 11.1. The summed E-state index contributed by atoms with van der Waals surface area (Å²) in [5.74, 6) is 1.03. The first-order valence-electron chi connectivity index (χ1n) is 4.56. The molecule has 3 heteroatoms. The van der Waals surface area contributed by atoms with Gasteiger partial charge in [-0.05, 0) is 19.2 Å². The van der Waals surface area contributed by atoms with Crippen molar-refractivity contribution in [3.63, 3.8) is 0 Å². The van der Waals surface area contributed by atoms with E-state index in [2.05, 4.69) is 18.2 Å². The third-order valence-electron chi connectivity index (χ3n) is 1.83. The molecule has 0 spiro atoms. The van der Waals surface area contributed by atoms with E-state index in [4.69, 9.17) is 5.26 Å². The summed E-state index contributed by atoms with van der Waals surface area (Å²) in [5, 5.41) is 8.45. The van der Waals surface area contributed by atoms with Crippen LogP contribution in [0.4, 0.5) is 0 Å². The van der Waals surface area contributed by atoms with Crippen LogP contribution < -0.4 is 0 Å². The molecule has 1 rings (SSSR count). The lowest BCUT2D eigenvalue weighted by Crippen LogP contribution is -2.21. The second kappa shape index (κ2) is 6.47. The molecule has 0 atom stereocenters. The van der Waals surface area contributed by atoms with Crippen molar-refractivity contribution in [3.05, 3.63) is 30.3 Å². The van der Waals surface area contributed by atoms with Crippen LogP contribution in [-0.4, -0.2) is 30.8 Å². The molecule has 0 aliphatic rings. The minimum Gasteiger partial charge on any atom is -0.293 e. The van der Waals surface area contributed by atoms with Crippen LogP contribution in [0, 0.1) is 11.3 Å². The van der Waals surface area contributed by atoms with Gasteiger partial charge >= 0.3 is 0 Å². The highest BCUT2D eigenvalue weighted by atomic mass is 32.2. The van der Waals surface area contributed by atoms with Gasteiger partial charge in [0, 0.05) is 17.2 Å². The van der Waals surface area contributed by atoms with Crippen LogP contribution in [0.1, 0.15) is 0 Å². The quantitative estimate of drug-likeness (QED) is 0.546. The van der Waals surface area contributed by atoms with Crippen molar-refractivity contribution < 1.29 is 0 Å². The third-order valence-corrected chi connectivity index (χ3v) is 2.82. The zero-order chi connectivity index (χ0) is 10.2. The number of thioether (sulfide) groups is 1. The van der Waals surface area contributed by atoms with E-state index >= 15 is 0 Å². The smallest absolute Gasteiger partial charge is 0.0863 e. The number of hydrogen-bond acceptors (Lipinski definition) is 3. The van der Waals surface area contributed by atoms with Gasteiger partial charge < -0.3 is 0 Å². The fourth-order valence-corrected chi connectivity index (χ4v) is 2.02. The molecule has 0 aliphatic carbocycles. The van der Waals surface area contributed by atoms with Gasteiger partial charge in [-0.1, -0.05) is 18.2 Å². The molecule has 14 heavy (non-hydrogen) atoms. The van der Waals surface area contributed by atoms with Crippen molar-refractivity contribution in [1.82, 2.24) is 4.90 Å². The zero-order valence-electron chi connectivity index (χ0n) is 8.31. The van der Waals surface area contributed by atoms with Gasteiger partial charge in [0.1, 0.15) is 0 Å². The van der Waals surface area contributed by atoms with Crippen molar-refractivity contribution in [1.29, 1.82) is 5.26 Å². The Hall–Kier alpha value is -0.980. The van der Waals surface area contributed by atoms with Crippen LogP contribution in [0.25, 0.3) is 0 Å². The van der Waals surface area contributed by atoms with Gasteiger partial charge in [-0.3, -0.25) is 4.90 Å². The average molecular weight is 206 g/mol. The molecule has 0 saturated heterocycles. The van der Waals surface area contributed by atoms with E-state index in [1.807, 2.05) is 41.9 Å². The summed E-state index contributed by atoms with van der Waals surface area (Å²) in [6, 6.07) is 12.5. The van der Waals surface area contributed by atoms with Crippen molar-refractivity contribution in [2.24, 2.45) is 0 Å². The van der Waals surface area contributed by atoms with E-state index in [1.165, 1.54) is 4.90 Å². The van der Waals surface area contributed by atoms with Gasteiger partial charge in [0.2, 0.25) is 0 Å². The molecule has 2 nitrogen and oxygen atoms in total. The Kier molecular flexibility index (Phi) is 5.13. The van der Waals surface area contributed by atoms with Gasteiger partial charge in [0.25, 0.3) is 0 Å². The highest BCUT2D eigenvalue weighted by Crippen LogP contribution is 2.16. The Labute approximate surface area is 89.5 Å². The van der Waals surface area contributed by atoms with E-state index in [-0.39, 0.29) is 0 Å². The predicted octanol–water partition coefficient (Wildman–Crippen LogP) is 2.23. The summed E-state index contributed by atoms with van der Waals surface area (Å²) in [5.41, 5.74) is 0. The lowest BCUT2D eigenvalue weighted by atomic mass is 10.4. The van der Waals surface area contributed by atoms with E-state index in [1.54, 1.807) is 0 Å². The standard InChI is InChI=1S/C11H14N2S/c1-13(8-7-12)9-10-14-11-5-3-2-4-6-11/h2-6H,8-10H2,1H3. The molecule has 1 aromatic carbocycles. The Balaban J connectivity index is 2.19. The number of benzene rings is 1. The van der Waals surface area contributed by atoms with Crippen molar-refractivity contribution in [3.8, 4) is 6.07 Å². The minimum atomic E-state index is 0.509. The second-order valence-corrected chi connectivity index (χ2v) is 4.23. The summed E-state index contributed by atoms with van der Waals surface area (Å²) < 4.78 is 0. The van der Waals surface area contributed by atoms with Crippen LogP contribution in [-0.2, 0) is 0 Å². The first-order valence-corrected chi connectivity index (χ1v) is 5.55. The van der Waals surface area contributed by atoms with Gasteiger partial charge in [0.15, 0.2) is 0 Å². The van der Waals surface area contributed by atoms with Gasteiger partial charge in [-0.15, -0.1) is 11.8 Å². The van der Waals surface area contributed by atoms with Gasteiger partial charge in [-0.2, -0.15) is 5.26 Å². The van der Waals surface area contributed by atoms with E-state index in [0.717, 1.165) is 12.3 Å². The summed E-state index contributed by atoms with van der Waals surface area (Å²) in [4.78, 5) is 3.31. The molecule has 0 aromatic heterocycles. The summed E-state index contributed by atoms with van der Waals surface area (Å²) >= 11 is 1.82. The highest BCUT2D eigenvalue weighted by Gasteiger charge is 1.97. The summed E-state index contributed by atoms with van der Waals surface area (Å²) in [6.45, 7) is 1.46. The van der Waals surface area contributed by atoms with E-state index in [9.17, 15) is 0 Å². The van der Waals surface area contributed by atoms with Crippen LogP contribution in [0.15, 0.2) is 35.2 Å². The number of nitriles is 1. The monoisotopic (exact) mass is 206 g/mol. The molecule has 0 unspecified atom stereocenters. The van der Waals surface area contributed by atoms with Crippen molar-refractivity contribution in [2.75, 3.05) is 25.9 Å². The maximum atomic E-state index is 8.45. The molecule has 0 aliphatic heterocycles. The van der Waals surface area contributed by atoms with Crippen LogP contribution in [0.2, 0.25) is 0 Å². The molecular formula is C11H14N2S. The zero-order valence-corrected chi connectivity index (χ0v) is 9.13.